The molecule has 0 bridgehead atoms. The fourth-order valence-electron chi connectivity index (χ4n) is 2.34. The fraction of sp³-hybridized carbons (Fsp3) is 0.538. The van der Waals surface area contributed by atoms with Crippen LogP contribution in [0.15, 0.2) is 18.2 Å². The van der Waals surface area contributed by atoms with Crippen LogP contribution in [0, 0.1) is 5.82 Å². The smallest absolute Gasteiger partial charge is 0.258 e. The summed E-state index contributed by atoms with van der Waals surface area (Å²) in [5.41, 5.74) is 0.287. The molecule has 3 nitrogen and oxygen atoms in total. The molecule has 1 N–H and O–H groups in total. The van der Waals surface area contributed by atoms with Crippen LogP contribution in [0.25, 0.3) is 0 Å². The number of halogens is 3. The highest BCUT2D eigenvalue weighted by atomic mass is 19.3. The Bertz CT molecular complexity index is 422. The van der Waals surface area contributed by atoms with E-state index in [2.05, 4.69) is 5.32 Å². The Kier molecular flexibility index (Phi) is 4.66. The van der Waals surface area contributed by atoms with Gasteiger partial charge in [0.2, 0.25) is 0 Å². The maximum absolute atomic E-state index is 13.6. The molecule has 0 aromatic heterocycles. The van der Waals surface area contributed by atoms with Gasteiger partial charge in [0.25, 0.3) is 6.43 Å². The molecule has 106 valence electrons. The monoisotopic (exact) mass is 274 g/mol. The molecule has 0 radical (unpaired) electrons. The topological polar surface area (TPSA) is 24.5 Å². The zero-order valence-corrected chi connectivity index (χ0v) is 10.7. The van der Waals surface area contributed by atoms with E-state index in [4.69, 9.17) is 4.74 Å². The largest absolute Gasteiger partial charge is 0.494 e. The van der Waals surface area contributed by atoms with Gasteiger partial charge in [-0.2, -0.15) is 0 Å². The van der Waals surface area contributed by atoms with Crippen LogP contribution in [0.5, 0.6) is 5.75 Å². The van der Waals surface area contributed by atoms with Crippen molar-refractivity contribution < 1.29 is 17.9 Å². The van der Waals surface area contributed by atoms with Gasteiger partial charge in [-0.3, -0.25) is 4.90 Å². The third kappa shape index (κ3) is 3.19. The number of methoxy groups -OCH3 is 1. The summed E-state index contributed by atoms with van der Waals surface area (Å²) in [6.45, 7) is 2.40. The molecule has 0 amide bonds. The van der Waals surface area contributed by atoms with Gasteiger partial charge in [-0.25, -0.2) is 13.2 Å². The maximum Gasteiger partial charge on any atom is 0.258 e. The van der Waals surface area contributed by atoms with Crippen LogP contribution in [0.3, 0.4) is 0 Å². The number of piperazine rings is 1. The van der Waals surface area contributed by atoms with Crippen LogP contribution >= 0.6 is 0 Å². The molecule has 1 aliphatic heterocycles. The van der Waals surface area contributed by atoms with Crippen LogP contribution in [-0.2, 0) is 0 Å². The normalized spacial score (nSPS) is 18.6. The zero-order chi connectivity index (χ0) is 13.8. The molecular formula is C13H17F3N2O. The van der Waals surface area contributed by atoms with Gasteiger partial charge in [0.15, 0.2) is 11.6 Å². The van der Waals surface area contributed by atoms with Gasteiger partial charge in [-0.05, 0) is 17.7 Å². The van der Waals surface area contributed by atoms with Crippen LogP contribution in [0.1, 0.15) is 11.6 Å². The van der Waals surface area contributed by atoms with Crippen molar-refractivity contribution in [2.75, 3.05) is 33.3 Å². The van der Waals surface area contributed by atoms with Gasteiger partial charge in [0.05, 0.1) is 13.2 Å². The predicted octanol–water partition coefficient (Wildman–Crippen LogP) is 2.05. The number of nitrogens with zero attached hydrogens (tertiary/aromatic N) is 1. The molecule has 0 aliphatic carbocycles. The van der Waals surface area contributed by atoms with Gasteiger partial charge in [-0.15, -0.1) is 0 Å². The summed E-state index contributed by atoms with van der Waals surface area (Å²) in [6.07, 6.45) is -2.55. The van der Waals surface area contributed by atoms with E-state index in [-0.39, 0.29) is 11.3 Å². The lowest BCUT2D eigenvalue weighted by Crippen LogP contribution is -2.46. The molecule has 1 saturated heterocycles. The van der Waals surface area contributed by atoms with Crippen molar-refractivity contribution in [2.24, 2.45) is 0 Å². The Labute approximate surface area is 110 Å². The number of alkyl halides is 2. The lowest BCUT2D eigenvalue weighted by molar-refractivity contribution is 0.0180. The van der Waals surface area contributed by atoms with Crippen molar-refractivity contribution in [1.82, 2.24) is 10.2 Å². The van der Waals surface area contributed by atoms with E-state index < -0.39 is 18.3 Å². The first-order chi connectivity index (χ1) is 9.13. The first-order valence-corrected chi connectivity index (χ1v) is 6.20. The highest BCUT2D eigenvalue weighted by molar-refractivity contribution is 5.31. The third-order valence-electron chi connectivity index (χ3n) is 3.30. The standard InChI is InChI=1S/C13H17F3N2O/c1-19-11-3-2-9(8-10(11)14)12(13(15)16)18-6-4-17-5-7-18/h2-3,8,12-13,17H,4-7H2,1H3/t12-/m1/s1. The van der Waals surface area contributed by atoms with E-state index in [0.717, 1.165) is 6.07 Å². The molecule has 0 unspecified atom stereocenters. The van der Waals surface area contributed by atoms with Crippen molar-refractivity contribution >= 4 is 0 Å². The molecule has 19 heavy (non-hydrogen) atoms. The number of ether oxygens (including phenoxy) is 1. The molecule has 2 rings (SSSR count). The van der Waals surface area contributed by atoms with Gasteiger partial charge >= 0.3 is 0 Å². The van der Waals surface area contributed by atoms with E-state index in [1.165, 1.54) is 19.2 Å². The van der Waals surface area contributed by atoms with E-state index in [1.54, 1.807) is 4.90 Å². The minimum Gasteiger partial charge on any atom is -0.494 e. The van der Waals surface area contributed by atoms with Crippen LogP contribution in [-0.4, -0.2) is 44.6 Å². The van der Waals surface area contributed by atoms with E-state index in [1.807, 2.05) is 0 Å². The summed E-state index contributed by atoms with van der Waals surface area (Å²) in [5.74, 6) is -0.544. The van der Waals surface area contributed by atoms with E-state index >= 15 is 0 Å². The Morgan fingerprint density at radius 2 is 1.95 bits per heavy atom. The Morgan fingerprint density at radius 1 is 1.26 bits per heavy atom. The first-order valence-electron chi connectivity index (χ1n) is 6.20. The van der Waals surface area contributed by atoms with Crippen molar-refractivity contribution in [3.63, 3.8) is 0 Å². The summed E-state index contributed by atoms with van der Waals surface area (Å²) in [5, 5.41) is 3.11. The molecule has 0 saturated carbocycles. The lowest BCUT2D eigenvalue weighted by Gasteiger charge is -2.34. The molecule has 1 fully saturated rings. The summed E-state index contributed by atoms with van der Waals surface area (Å²) < 4.78 is 45.0. The number of rotatable bonds is 4. The molecule has 1 aromatic rings. The summed E-state index contributed by atoms with van der Waals surface area (Å²) in [6, 6.07) is 2.96. The Balaban J connectivity index is 2.25. The average Bonchev–Trinajstić information content (AvgIpc) is 2.40. The zero-order valence-electron chi connectivity index (χ0n) is 10.7. The third-order valence-corrected chi connectivity index (χ3v) is 3.30. The highest BCUT2D eigenvalue weighted by Gasteiger charge is 2.30. The molecule has 6 heteroatoms. The fourth-order valence-corrected chi connectivity index (χ4v) is 2.34. The summed E-state index contributed by atoms with van der Waals surface area (Å²) >= 11 is 0. The van der Waals surface area contributed by atoms with Gasteiger partial charge < -0.3 is 10.1 Å². The SMILES string of the molecule is COc1ccc([C@H](C(F)F)N2CCNCC2)cc1F. The first kappa shape index (κ1) is 14.1. The number of benzene rings is 1. The number of hydrogen-bond donors (Lipinski definition) is 1. The maximum atomic E-state index is 13.6. The van der Waals surface area contributed by atoms with Gasteiger partial charge in [-0.1, -0.05) is 6.07 Å². The number of hydrogen-bond acceptors (Lipinski definition) is 3. The van der Waals surface area contributed by atoms with Crippen molar-refractivity contribution in [2.45, 2.75) is 12.5 Å². The second kappa shape index (κ2) is 6.25. The number of nitrogens with one attached hydrogen (secondary N) is 1. The molecule has 1 atom stereocenters. The molecule has 0 spiro atoms. The molecule has 1 aromatic carbocycles. The van der Waals surface area contributed by atoms with E-state index in [0.29, 0.717) is 26.2 Å². The average molecular weight is 274 g/mol. The van der Waals surface area contributed by atoms with E-state index in [9.17, 15) is 13.2 Å². The quantitative estimate of drug-likeness (QED) is 0.909. The van der Waals surface area contributed by atoms with Gasteiger partial charge in [0.1, 0.15) is 0 Å². The van der Waals surface area contributed by atoms with Gasteiger partial charge in [0, 0.05) is 26.2 Å². The van der Waals surface area contributed by atoms with Crippen LogP contribution in [0.2, 0.25) is 0 Å². The molecule has 1 heterocycles. The molecular weight excluding hydrogens is 257 g/mol. The van der Waals surface area contributed by atoms with Crippen LogP contribution < -0.4 is 10.1 Å². The Morgan fingerprint density at radius 3 is 2.47 bits per heavy atom. The second-order valence-corrected chi connectivity index (χ2v) is 4.46. The Hall–Kier alpha value is -1.27. The predicted molar refractivity (Wildman–Crippen MR) is 66.1 cm³/mol. The van der Waals surface area contributed by atoms with Crippen molar-refractivity contribution in [3.05, 3.63) is 29.6 Å². The minimum absolute atomic E-state index is 0.0667. The minimum atomic E-state index is -2.55. The van der Waals surface area contributed by atoms with Crippen molar-refractivity contribution in [1.29, 1.82) is 0 Å². The van der Waals surface area contributed by atoms with Crippen LogP contribution in [0.4, 0.5) is 13.2 Å². The second-order valence-electron chi connectivity index (χ2n) is 4.46. The van der Waals surface area contributed by atoms with Crippen molar-refractivity contribution in [3.8, 4) is 5.75 Å². The molecule has 1 aliphatic rings. The summed E-state index contributed by atoms with van der Waals surface area (Å²) in [4.78, 5) is 1.68. The highest BCUT2D eigenvalue weighted by Crippen LogP contribution is 2.30. The summed E-state index contributed by atoms with van der Waals surface area (Å²) in [7, 11) is 1.35. The lowest BCUT2D eigenvalue weighted by atomic mass is 10.0.